The minimum atomic E-state index is -2.92. The zero-order chi connectivity index (χ0) is 16.7. The number of benzene rings is 1. The Morgan fingerprint density at radius 3 is 2.54 bits per heavy atom. The number of nitrogens with zero attached hydrogens (tertiary/aromatic N) is 2. The van der Waals surface area contributed by atoms with Gasteiger partial charge in [-0.1, -0.05) is 11.8 Å². The summed E-state index contributed by atoms with van der Waals surface area (Å²) in [6, 6.07) is 7.27. The van der Waals surface area contributed by atoms with E-state index in [0.29, 0.717) is 5.56 Å². The first kappa shape index (κ1) is 16.0. The van der Waals surface area contributed by atoms with Crippen molar-refractivity contribution in [3.8, 4) is 0 Å². The fourth-order valence-electron chi connectivity index (χ4n) is 3.34. The average Bonchev–Trinajstić information content (AvgIpc) is 3.22. The summed E-state index contributed by atoms with van der Waals surface area (Å²) in [4.78, 5) is 18.7. The van der Waals surface area contributed by atoms with Crippen molar-refractivity contribution in [1.82, 2.24) is 4.90 Å². The first-order chi connectivity index (χ1) is 11.5. The van der Waals surface area contributed by atoms with Gasteiger partial charge in [0.05, 0.1) is 17.5 Å². The van der Waals surface area contributed by atoms with Crippen LogP contribution in [0.25, 0.3) is 0 Å². The quantitative estimate of drug-likeness (QED) is 0.861. The van der Waals surface area contributed by atoms with E-state index in [4.69, 9.17) is 0 Å². The van der Waals surface area contributed by atoms with Crippen molar-refractivity contribution in [2.24, 2.45) is 4.99 Å². The van der Waals surface area contributed by atoms with E-state index in [0.717, 1.165) is 36.8 Å². The van der Waals surface area contributed by atoms with E-state index >= 15 is 0 Å². The second-order valence-corrected chi connectivity index (χ2v) is 9.82. The number of carbonyl (C=O) groups is 1. The fourth-order valence-corrected chi connectivity index (χ4v) is 7.01. The van der Waals surface area contributed by atoms with Gasteiger partial charge >= 0.3 is 0 Å². The second kappa shape index (κ2) is 6.07. The van der Waals surface area contributed by atoms with Gasteiger partial charge in [0.1, 0.15) is 0 Å². The van der Waals surface area contributed by atoms with Gasteiger partial charge in [0.2, 0.25) is 0 Å². The highest BCUT2D eigenvalue weighted by molar-refractivity contribution is 8.15. The summed E-state index contributed by atoms with van der Waals surface area (Å²) in [7, 11) is -2.92. The van der Waals surface area contributed by atoms with Gasteiger partial charge in [-0.05, 0) is 37.1 Å². The van der Waals surface area contributed by atoms with Gasteiger partial charge in [-0.2, -0.15) is 0 Å². The molecule has 4 rings (SSSR count). The maximum absolute atomic E-state index is 12.3. The number of hydrogen-bond acceptors (Lipinski definition) is 6. The molecule has 1 N–H and O–H groups in total. The number of likely N-dealkylation sites (tertiary alicyclic amines) is 1. The number of amides is 1. The van der Waals surface area contributed by atoms with Crippen LogP contribution in [-0.2, 0) is 9.84 Å². The molecule has 2 atom stereocenters. The van der Waals surface area contributed by atoms with Crippen LogP contribution < -0.4 is 5.32 Å². The van der Waals surface area contributed by atoms with E-state index < -0.39 is 9.84 Å². The van der Waals surface area contributed by atoms with Crippen molar-refractivity contribution in [3.05, 3.63) is 29.8 Å². The third-order valence-electron chi connectivity index (χ3n) is 4.59. The lowest BCUT2D eigenvalue weighted by Crippen LogP contribution is -2.27. The number of thioether (sulfide) groups is 1. The fraction of sp³-hybridized carbons (Fsp3) is 0.500. The lowest BCUT2D eigenvalue weighted by atomic mass is 10.2. The van der Waals surface area contributed by atoms with Crippen molar-refractivity contribution in [3.63, 3.8) is 0 Å². The van der Waals surface area contributed by atoms with Gasteiger partial charge in [-0.15, -0.1) is 0 Å². The molecule has 0 spiro atoms. The number of hydrogen-bond donors (Lipinski definition) is 1. The summed E-state index contributed by atoms with van der Waals surface area (Å²) in [6.07, 6.45) is 2.17. The van der Waals surface area contributed by atoms with Crippen LogP contribution in [0.2, 0.25) is 0 Å². The van der Waals surface area contributed by atoms with Crippen LogP contribution in [0.15, 0.2) is 29.3 Å². The predicted octanol–water partition coefficient (Wildman–Crippen LogP) is 1.60. The topological polar surface area (TPSA) is 78.8 Å². The van der Waals surface area contributed by atoms with E-state index in [-0.39, 0.29) is 28.7 Å². The number of nitrogens with one attached hydrogen (secondary N) is 1. The molecular weight excluding hydrogens is 346 g/mol. The van der Waals surface area contributed by atoms with Crippen molar-refractivity contribution >= 4 is 38.4 Å². The third-order valence-corrected chi connectivity index (χ3v) is 7.74. The number of carbonyl (C=O) groups excluding carboxylic acids is 1. The largest absolute Gasteiger partial charge is 0.339 e. The lowest BCUT2D eigenvalue weighted by molar-refractivity contribution is 0.0793. The Balaban J connectivity index is 1.40. The molecule has 0 unspecified atom stereocenters. The Hall–Kier alpha value is -1.54. The summed E-state index contributed by atoms with van der Waals surface area (Å²) in [6.45, 7) is 1.69. The Morgan fingerprint density at radius 2 is 1.88 bits per heavy atom. The number of aliphatic imine (C=N–C) groups is 1. The summed E-state index contributed by atoms with van der Waals surface area (Å²) >= 11 is 1.49. The number of sulfone groups is 1. The molecule has 0 aliphatic carbocycles. The zero-order valence-electron chi connectivity index (χ0n) is 13.1. The molecule has 3 heterocycles. The molecule has 2 saturated heterocycles. The first-order valence-electron chi connectivity index (χ1n) is 8.11. The summed E-state index contributed by atoms with van der Waals surface area (Å²) in [5, 5.41) is 4.02. The van der Waals surface area contributed by atoms with Crippen LogP contribution in [-0.4, -0.2) is 60.3 Å². The van der Waals surface area contributed by atoms with Gasteiger partial charge in [0.15, 0.2) is 15.0 Å². The number of amidine groups is 1. The highest BCUT2D eigenvalue weighted by atomic mass is 32.2. The van der Waals surface area contributed by atoms with Crippen molar-refractivity contribution in [2.45, 2.75) is 24.1 Å². The molecule has 1 aromatic rings. The average molecular weight is 365 g/mol. The minimum absolute atomic E-state index is 0.0357. The maximum Gasteiger partial charge on any atom is 0.253 e. The van der Waals surface area contributed by atoms with E-state index in [9.17, 15) is 13.2 Å². The molecule has 1 amide bonds. The van der Waals surface area contributed by atoms with Crippen LogP contribution >= 0.6 is 11.8 Å². The van der Waals surface area contributed by atoms with Crippen LogP contribution in [0, 0.1) is 0 Å². The highest BCUT2D eigenvalue weighted by Crippen LogP contribution is 2.34. The molecule has 2 fully saturated rings. The van der Waals surface area contributed by atoms with Crippen LogP contribution in [0.4, 0.5) is 5.69 Å². The molecular formula is C16H19N3O3S2. The van der Waals surface area contributed by atoms with Gasteiger partial charge in [0, 0.05) is 29.6 Å². The monoisotopic (exact) mass is 365 g/mol. The number of rotatable bonds is 2. The molecule has 128 valence electrons. The van der Waals surface area contributed by atoms with Gasteiger partial charge < -0.3 is 10.2 Å². The Bertz CT molecular complexity index is 783. The summed E-state index contributed by atoms with van der Waals surface area (Å²) in [5.74, 6) is 0.450. The van der Waals surface area contributed by atoms with Crippen molar-refractivity contribution in [2.75, 3.05) is 29.9 Å². The number of anilines is 1. The zero-order valence-corrected chi connectivity index (χ0v) is 14.8. The molecule has 0 radical (unpaired) electrons. The van der Waals surface area contributed by atoms with Crippen LogP contribution in [0.5, 0.6) is 0 Å². The second-order valence-electron chi connectivity index (χ2n) is 6.44. The van der Waals surface area contributed by atoms with Crippen LogP contribution in [0.1, 0.15) is 23.2 Å². The van der Waals surface area contributed by atoms with E-state index in [1.807, 2.05) is 29.2 Å². The molecule has 24 heavy (non-hydrogen) atoms. The number of fused-ring (bicyclic) bond motifs is 1. The van der Waals surface area contributed by atoms with Gasteiger partial charge in [0.25, 0.3) is 5.91 Å². The van der Waals surface area contributed by atoms with E-state index in [2.05, 4.69) is 10.3 Å². The smallest absolute Gasteiger partial charge is 0.253 e. The van der Waals surface area contributed by atoms with E-state index in [1.165, 1.54) is 11.8 Å². The highest BCUT2D eigenvalue weighted by Gasteiger charge is 2.42. The molecule has 3 aliphatic heterocycles. The minimum Gasteiger partial charge on any atom is -0.339 e. The molecule has 8 heteroatoms. The summed E-state index contributed by atoms with van der Waals surface area (Å²) in [5.41, 5.74) is 1.56. The SMILES string of the molecule is O=C(c1ccc(NC2=N[C@H]3CS(=O)(=O)C[C@@H]3S2)cc1)N1CCCC1. The summed E-state index contributed by atoms with van der Waals surface area (Å²) < 4.78 is 23.2. The molecule has 3 aliphatic rings. The van der Waals surface area contributed by atoms with Crippen LogP contribution in [0.3, 0.4) is 0 Å². The lowest BCUT2D eigenvalue weighted by Gasteiger charge is -2.15. The van der Waals surface area contributed by atoms with Crippen molar-refractivity contribution < 1.29 is 13.2 Å². The third kappa shape index (κ3) is 3.17. The normalized spacial score (nSPS) is 27.8. The molecule has 1 aromatic carbocycles. The standard InChI is InChI=1S/C16H19N3O3S2/c20-15(19-7-1-2-8-19)11-3-5-12(6-4-11)17-16-18-13-9-24(21,22)10-14(13)23-16/h3-6,13-14H,1-2,7-10H2,(H,17,18)/t13-,14-/m0/s1. The van der Waals surface area contributed by atoms with E-state index in [1.54, 1.807) is 0 Å². The molecule has 0 bridgehead atoms. The maximum atomic E-state index is 12.3. The van der Waals surface area contributed by atoms with Crippen molar-refractivity contribution in [1.29, 1.82) is 0 Å². The first-order valence-corrected chi connectivity index (χ1v) is 10.8. The Kier molecular flexibility index (Phi) is 4.04. The van der Waals surface area contributed by atoms with Gasteiger partial charge in [-0.25, -0.2) is 8.42 Å². The molecule has 6 nitrogen and oxygen atoms in total. The van der Waals surface area contributed by atoms with Gasteiger partial charge in [-0.3, -0.25) is 9.79 Å². The molecule has 0 saturated carbocycles. The predicted molar refractivity (Wildman–Crippen MR) is 96.5 cm³/mol. The Labute approximate surface area is 145 Å². The molecule has 0 aromatic heterocycles. The Morgan fingerprint density at radius 1 is 1.17 bits per heavy atom.